The molecule has 5 N–H and O–H groups in total. The fraction of sp³-hybridized carbons (Fsp3) is 0.273. The number of amides is 2. The summed E-state index contributed by atoms with van der Waals surface area (Å²) < 4.78 is 34.0. The molecule has 2 aliphatic heterocycles. The minimum Gasteiger partial charge on any atom is -0.479 e. The quantitative estimate of drug-likeness (QED) is 0.206. The van der Waals surface area contributed by atoms with Gasteiger partial charge in [0, 0.05) is 30.7 Å². The SMILES string of the molecule is C=C1/C=C(\C=C/C)c2ccc(NC(=O)OC)cc2NC(=O)CCCCC1C1C=CC(c2c(F)ccc(Cl)c2F)=C[OH+]N1.CO. The minimum absolute atomic E-state index is 0.149. The van der Waals surface area contributed by atoms with E-state index in [1.807, 2.05) is 37.3 Å². The van der Waals surface area contributed by atoms with Crippen molar-refractivity contribution >= 4 is 46.1 Å². The van der Waals surface area contributed by atoms with E-state index in [0.29, 0.717) is 30.6 Å². The molecule has 0 aromatic heterocycles. The molecule has 0 radical (unpaired) electrons. The summed E-state index contributed by atoms with van der Waals surface area (Å²) in [6.45, 7) is 6.28. The Morgan fingerprint density at radius 3 is 2.73 bits per heavy atom. The first-order chi connectivity index (χ1) is 21.2. The molecule has 0 spiro atoms. The molecule has 0 aliphatic carbocycles. The highest BCUT2D eigenvalue weighted by Crippen LogP contribution is 2.34. The van der Waals surface area contributed by atoms with Crippen molar-refractivity contribution in [3.63, 3.8) is 0 Å². The number of benzene rings is 2. The van der Waals surface area contributed by atoms with Gasteiger partial charge in [0.05, 0.1) is 29.0 Å². The van der Waals surface area contributed by atoms with Crippen LogP contribution < -0.4 is 16.1 Å². The van der Waals surface area contributed by atoms with E-state index in [4.69, 9.17) is 21.4 Å². The van der Waals surface area contributed by atoms with Gasteiger partial charge in [0.2, 0.25) is 5.91 Å². The summed E-state index contributed by atoms with van der Waals surface area (Å²) in [6.07, 6.45) is 12.3. The second kappa shape index (κ2) is 16.6. The molecule has 2 aliphatic rings. The third kappa shape index (κ3) is 8.66. The maximum atomic E-state index is 14.7. The van der Waals surface area contributed by atoms with Crippen molar-refractivity contribution in [1.82, 2.24) is 5.48 Å². The highest BCUT2D eigenvalue weighted by Gasteiger charge is 2.27. The Kier molecular flexibility index (Phi) is 12.9. The molecular formula is C33H37ClF2N3O5+. The van der Waals surface area contributed by atoms with E-state index < -0.39 is 17.7 Å². The van der Waals surface area contributed by atoms with E-state index in [-0.39, 0.29) is 34.0 Å². The first-order valence-electron chi connectivity index (χ1n) is 14.0. The average molecular weight is 629 g/mol. The van der Waals surface area contributed by atoms with Crippen molar-refractivity contribution in [3.05, 3.63) is 107 Å². The monoisotopic (exact) mass is 628 g/mol. The molecule has 0 saturated carbocycles. The van der Waals surface area contributed by atoms with Gasteiger partial charge in [-0.2, -0.15) is 0 Å². The molecule has 0 fully saturated rings. The maximum Gasteiger partial charge on any atom is 0.411 e. The molecule has 2 amide bonds. The molecule has 44 heavy (non-hydrogen) atoms. The van der Waals surface area contributed by atoms with Crippen LogP contribution in [0.4, 0.5) is 25.0 Å². The number of aliphatic hydroxyl groups is 2. The standard InChI is InChI=1S/C32H32ClF2N3O4.CH4O/c1-4-7-20-16-19(2)23(27-15-10-21(18-42-38-27)30-26(34)14-13-25(33)31(30)35)8-5-6-9-29(39)37-28-17-22(11-12-24(20)28)36-32(40)41-3;1-2/h4,7,10-18,23,27,38H,2,5-6,8-9H2,1,3H3,(H,36,40)(H,37,39);2H,1H3/p+1/b7-4-,20-16+;. The lowest BCUT2D eigenvalue weighted by Gasteiger charge is -2.25. The smallest absolute Gasteiger partial charge is 0.411 e. The van der Waals surface area contributed by atoms with Crippen LogP contribution in [-0.2, 0) is 9.53 Å². The summed E-state index contributed by atoms with van der Waals surface area (Å²) in [5, 5.41) is 12.4. The highest BCUT2D eigenvalue weighted by atomic mass is 35.5. The summed E-state index contributed by atoms with van der Waals surface area (Å²) in [5.74, 6) is -1.89. The fourth-order valence-electron chi connectivity index (χ4n) is 4.96. The molecule has 11 heteroatoms. The lowest BCUT2D eigenvalue weighted by atomic mass is 9.84. The lowest BCUT2D eigenvalue weighted by molar-refractivity contribution is -0.116. The molecule has 2 aromatic carbocycles. The summed E-state index contributed by atoms with van der Waals surface area (Å²) >= 11 is 5.91. The van der Waals surface area contributed by atoms with E-state index in [0.717, 1.165) is 36.3 Å². The Bertz CT molecular complexity index is 1500. The highest BCUT2D eigenvalue weighted by molar-refractivity contribution is 6.31. The molecule has 2 atom stereocenters. The number of allylic oxidation sites excluding steroid dienone is 6. The van der Waals surface area contributed by atoms with Gasteiger partial charge in [-0.1, -0.05) is 55.0 Å². The third-order valence-corrected chi connectivity index (χ3v) is 7.34. The molecule has 0 bridgehead atoms. The van der Waals surface area contributed by atoms with Gasteiger partial charge in [-0.25, -0.2) is 13.6 Å². The van der Waals surface area contributed by atoms with E-state index in [1.54, 1.807) is 18.2 Å². The number of hydrogen-bond donors (Lipinski definition) is 4. The van der Waals surface area contributed by atoms with Crippen molar-refractivity contribution < 1.29 is 33.1 Å². The van der Waals surface area contributed by atoms with Gasteiger partial charge < -0.3 is 20.0 Å². The number of rotatable bonds is 4. The van der Waals surface area contributed by atoms with Crippen molar-refractivity contribution in [1.29, 1.82) is 0 Å². The van der Waals surface area contributed by atoms with Crippen LogP contribution in [0.3, 0.4) is 0 Å². The number of hydroxylamine groups is 1. The number of anilines is 2. The Balaban J connectivity index is 0.00000259. The predicted octanol–water partition coefficient (Wildman–Crippen LogP) is 7.54. The molecule has 2 heterocycles. The van der Waals surface area contributed by atoms with Gasteiger partial charge in [-0.3, -0.25) is 10.1 Å². The van der Waals surface area contributed by atoms with Crippen LogP contribution in [-0.4, -0.2) is 42.2 Å². The normalized spacial score (nSPS) is 20.2. The van der Waals surface area contributed by atoms with Crippen LogP contribution in [0.1, 0.15) is 43.7 Å². The summed E-state index contributed by atoms with van der Waals surface area (Å²) in [5.41, 5.74) is 6.43. The number of halogens is 3. The largest absolute Gasteiger partial charge is 0.479 e. The van der Waals surface area contributed by atoms with Crippen molar-refractivity contribution in [3.8, 4) is 0 Å². The van der Waals surface area contributed by atoms with Crippen LogP contribution in [0, 0.1) is 17.6 Å². The summed E-state index contributed by atoms with van der Waals surface area (Å²) in [4.78, 5) is 28.9. The second-order valence-corrected chi connectivity index (χ2v) is 10.3. The first kappa shape index (κ1) is 34.2. The topological polar surface area (TPSA) is 112 Å². The van der Waals surface area contributed by atoms with Gasteiger partial charge in [-0.15, -0.1) is 0 Å². The molecule has 4 rings (SSSR count). The Morgan fingerprint density at radius 2 is 2.00 bits per heavy atom. The van der Waals surface area contributed by atoms with Crippen LogP contribution in [0.25, 0.3) is 11.1 Å². The van der Waals surface area contributed by atoms with E-state index in [9.17, 15) is 18.4 Å². The van der Waals surface area contributed by atoms with Gasteiger partial charge >= 0.3 is 6.09 Å². The Hall–Kier alpha value is -4.25. The predicted molar refractivity (Wildman–Crippen MR) is 170 cm³/mol. The minimum atomic E-state index is -0.850. The molecular weight excluding hydrogens is 592 g/mol. The zero-order chi connectivity index (χ0) is 32.2. The number of carbonyl (C=O) groups is 2. The zero-order valence-corrected chi connectivity index (χ0v) is 25.6. The van der Waals surface area contributed by atoms with Crippen LogP contribution >= 0.6 is 11.6 Å². The number of fused-ring (bicyclic) bond motifs is 1. The number of methoxy groups -OCH3 is 1. The maximum absolute atomic E-state index is 14.7. The van der Waals surface area contributed by atoms with Gasteiger partial charge in [-0.05, 0) is 66.7 Å². The number of nitrogens with one attached hydrogen (secondary N) is 3. The molecule has 2 unspecified atom stereocenters. The molecule has 234 valence electrons. The molecule has 2 aromatic rings. The molecule has 0 saturated heterocycles. The first-order valence-corrected chi connectivity index (χ1v) is 14.3. The number of aliphatic hydroxyl groups excluding tert-OH is 1. The number of carbonyl (C=O) groups excluding carboxylic acids is 2. The van der Waals surface area contributed by atoms with Crippen LogP contribution in [0.15, 0.2) is 79.1 Å². The van der Waals surface area contributed by atoms with E-state index in [2.05, 4.69) is 27.5 Å². The van der Waals surface area contributed by atoms with Crippen LogP contribution in [0.5, 0.6) is 0 Å². The third-order valence-electron chi connectivity index (χ3n) is 7.05. The Labute approximate surface area is 260 Å². The zero-order valence-electron chi connectivity index (χ0n) is 24.8. The average Bonchev–Trinajstić information content (AvgIpc) is 3.25. The summed E-state index contributed by atoms with van der Waals surface area (Å²) in [7, 11) is 2.27. The number of hydrogen-bond acceptors (Lipinski definition) is 5. The van der Waals surface area contributed by atoms with E-state index in [1.165, 1.54) is 19.4 Å². The fourth-order valence-corrected chi connectivity index (χ4v) is 5.11. The van der Waals surface area contributed by atoms with Crippen molar-refractivity contribution in [2.75, 3.05) is 24.9 Å². The second-order valence-electron chi connectivity index (χ2n) is 9.90. The van der Waals surface area contributed by atoms with E-state index >= 15 is 0 Å². The Morgan fingerprint density at radius 1 is 1.23 bits per heavy atom. The van der Waals surface area contributed by atoms with Crippen LogP contribution in [0.2, 0.25) is 5.02 Å². The van der Waals surface area contributed by atoms with Crippen molar-refractivity contribution in [2.45, 2.75) is 38.6 Å². The van der Waals surface area contributed by atoms with Gasteiger partial charge in [0.25, 0.3) is 6.26 Å². The van der Waals surface area contributed by atoms with Gasteiger partial charge in [0.1, 0.15) is 11.9 Å². The van der Waals surface area contributed by atoms with Gasteiger partial charge in [0.15, 0.2) is 5.82 Å². The summed E-state index contributed by atoms with van der Waals surface area (Å²) in [6, 6.07) is 7.17. The lowest BCUT2D eigenvalue weighted by Crippen LogP contribution is -2.35. The number of ether oxygens (including phenoxy) is 1. The molecule has 8 nitrogen and oxygen atoms in total. The van der Waals surface area contributed by atoms with Crippen molar-refractivity contribution in [2.24, 2.45) is 5.92 Å².